The maximum absolute atomic E-state index is 14.1. The number of aromatic nitrogens is 1. The number of hydrogen-bond donors (Lipinski definition) is 2. The number of aromatic amines is 1. The number of carbonyl (C=O) groups excluding carboxylic acids is 2. The Balaban J connectivity index is 1.65. The van der Waals surface area contributed by atoms with Gasteiger partial charge in [0.1, 0.15) is 11.8 Å². The van der Waals surface area contributed by atoms with Crippen molar-refractivity contribution in [2.75, 3.05) is 0 Å². The fourth-order valence-corrected chi connectivity index (χ4v) is 3.28. The predicted octanol–water partition coefficient (Wildman–Crippen LogP) is 4.20. The van der Waals surface area contributed by atoms with Gasteiger partial charge in [-0.05, 0) is 18.2 Å². The van der Waals surface area contributed by atoms with Gasteiger partial charge in [0.25, 0.3) is 5.91 Å². The first-order valence-corrected chi connectivity index (χ1v) is 8.86. The number of nitrogens with zero attached hydrogens (tertiary/aromatic N) is 2. The molecule has 30 heavy (non-hydrogen) atoms. The first-order valence-electron chi connectivity index (χ1n) is 8.48. The Bertz CT molecular complexity index is 1310. The molecule has 6 nitrogen and oxygen atoms in total. The van der Waals surface area contributed by atoms with Gasteiger partial charge in [-0.1, -0.05) is 23.7 Å². The summed E-state index contributed by atoms with van der Waals surface area (Å²) in [5.74, 6) is -4.08. The first-order chi connectivity index (χ1) is 14.3. The van der Waals surface area contributed by atoms with Crippen LogP contribution in [0, 0.1) is 28.8 Å². The van der Waals surface area contributed by atoms with Crippen LogP contribution in [0.25, 0.3) is 17.0 Å². The van der Waals surface area contributed by atoms with Gasteiger partial charge in [-0.15, -0.1) is 0 Å². The molecule has 0 unspecified atom stereocenters. The summed E-state index contributed by atoms with van der Waals surface area (Å²) in [5.41, 5.74) is -0.314. The Hall–Kier alpha value is -3.77. The van der Waals surface area contributed by atoms with Gasteiger partial charge in [-0.25, -0.2) is 18.0 Å². The molecule has 1 fully saturated rings. The quantitative estimate of drug-likeness (QED) is 0.482. The Labute approximate surface area is 172 Å². The standard InChI is InChI=1S/C20H10ClF3N4O2/c21-13-4-3-12-11(7-26-18(12)17(13)24)5-14-19(29)28(20(30)27-14)8-10-2-1-9(6-25)15(22)16(10)23/h1-5,7,26H,8H2,(H,27,30). The van der Waals surface area contributed by atoms with Crippen molar-refractivity contribution in [3.63, 3.8) is 0 Å². The van der Waals surface area contributed by atoms with Gasteiger partial charge in [-0.3, -0.25) is 9.69 Å². The summed E-state index contributed by atoms with van der Waals surface area (Å²) < 4.78 is 42.0. The van der Waals surface area contributed by atoms with Crippen LogP contribution in [-0.2, 0) is 11.3 Å². The molecular formula is C20H10ClF3N4O2. The molecule has 3 aromatic rings. The highest BCUT2D eigenvalue weighted by molar-refractivity contribution is 6.31. The molecule has 1 aromatic heterocycles. The number of nitrogens with one attached hydrogen (secondary N) is 2. The second-order valence-corrected chi connectivity index (χ2v) is 6.83. The van der Waals surface area contributed by atoms with Gasteiger partial charge >= 0.3 is 6.03 Å². The highest BCUT2D eigenvalue weighted by Crippen LogP contribution is 2.28. The van der Waals surface area contributed by atoms with Gasteiger partial charge in [0.2, 0.25) is 0 Å². The average molecular weight is 431 g/mol. The fourth-order valence-electron chi connectivity index (χ4n) is 3.12. The normalized spacial score (nSPS) is 15.2. The van der Waals surface area contributed by atoms with Crippen LogP contribution in [0.4, 0.5) is 18.0 Å². The summed E-state index contributed by atoms with van der Waals surface area (Å²) in [6.45, 7) is -0.533. The summed E-state index contributed by atoms with van der Waals surface area (Å²) >= 11 is 5.75. The maximum atomic E-state index is 14.1. The molecule has 10 heteroatoms. The summed E-state index contributed by atoms with van der Waals surface area (Å²) in [4.78, 5) is 28.2. The molecule has 0 spiro atoms. The van der Waals surface area contributed by atoms with E-state index in [0.29, 0.717) is 15.8 Å². The van der Waals surface area contributed by atoms with E-state index in [9.17, 15) is 22.8 Å². The topological polar surface area (TPSA) is 89.0 Å². The molecule has 0 radical (unpaired) electrons. The third-order valence-electron chi connectivity index (χ3n) is 4.65. The minimum Gasteiger partial charge on any atom is -0.358 e. The highest BCUT2D eigenvalue weighted by atomic mass is 35.5. The van der Waals surface area contributed by atoms with E-state index in [1.54, 1.807) is 6.07 Å². The molecule has 1 aliphatic heterocycles. The van der Waals surface area contributed by atoms with Gasteiger partial charge in [0, 0.05) is 22.7 Å². The van der Waals surface area contributed by atoms with Crippen LogP contribution in [-0.4, -0.2) is 21.8 Å². The van der Waals surface area contributed by atoms with Crippen molar-refractivity contribution < 1.29 is 22.8 Å². The van der Waals surface area contributed by atoms with Crippen LogP contribution >= 0.6 is 11.6 Å². The molecule has 1 aliphatic rings. The molecule has 1 saturated heterocycles. The zero-order valence-electron chi connectivity index (χ0n) is 14.9. The van der Waals surface area contributed by atoms with E-state index in [2.05, 4.69) is 10.3 Å². The van der Waals surface area contributed by atoms with Crippen molar-refractivity contribution in [2.24, 2.45) is 0 Å². The van der Waals surface area contributed by atoms with E-state index in [0.717, 1.165) is 12.1 Å². The molecule has 2 heterocycles. The average Bonchev–Trinajstić information content (AvgIpc) is 3.25. The third kappa shape index (κ3) is 3.07. The smallest absolute Gasteiger partial charge is 0.329 e. The lowest BCUT2D eigenvalue weighted by Gasteiger charge is -2.13. The van der Waals surface area contributed by atoms with Crippen LogP contribution in [0.2, 0.25) is 5.02 Å². The summed E-state index contributed by atoms with van der Waals surface area (Å²) in [6.07, 6.45) is 2.77. The van der Waals surface area contributed by atoms with E-state index >= 15 is 0 Å². The predicted molar refractivity (Wildman–Crippen MR) is 101 cm³/mol. The minimum absolute atomic E-state index is 0.0725. The zero-order chi connectivity index (χ0) is 21.6. The second kappa shape index (κ2) is 7.24. The highest BCUT2D eigenvalue weighted by Gasteiger charge is 2.34. The number of H-pyrrole nitrogens is 1. The van der Waals surface area contributed by atoms with Crippen molar-refractivity contribution in [1.82, 2.24) is 15.2 Å². The number of rotatable bonds is 3. The van der Waals surface area contributed by atoms with Crippen molar-refractivity contribution in [2.45, 2.75) is 6.54 Å². The number of carbonyl (C=O) groups is 2. The zero-order valence-corrected chi connectivity index (χ0v) is 15.6. The molecule has 150 valence electrons. The number of benzene rings is 2. The minimum atomic E-state index is -1.35. The fraction of sp³-hybridized carbons (Fsp3) is 0.0500. The van der Waals surface area contributed by atoms with E-state index in [4.69, 9.17) is 16.9 Å². The van der Waals surface area contributed by atoms with Crippen LogP contribution in [0.1, 0.15) is 16.7 Å². The Morgan fingerprint density at radius 2 is 1.87 bits per heavy atom. The number of fused-ring (bicyclic) bond motifs is 1. The number of imide groups is 1. The molecular weight excluding hydrogens is 421 g/mol. The van der Waals surface area contributed by atoms with E-state index in [1.165, 1.54) is 24.4 Å². The second-order valence-electron chi connectivity index (χ2n) is 6.42. The van der Waals surface area contributed by atoms with Gasteiger partial charge in [0.15, 0.2) is 17.5 Å². The molecule has 0 saturated carbocycles. The summed E-state index contributed by atoms with van der Waals surface area (Å²) in [5, 5.41) is 11.5. The Morgan fingerprint density at radius 1 is 1.10 bits per heavy atom. The Morgan fingerprint density at radius 3 is 2.60 bits per heavy atom. The van der Waals surface area contributed by atoms with Crippen molar-refractivity contribution in [3.05, 3.63) is 75.3 Å². The van der Waals surface area contributed by atoms with Gasteiger partial charge in [-0.2, -0.15) is 5.26 Å². The summed E-state index contributed by atoms with van der Waals surface area (Å²) in [6, 6.07) is 5.78. The third-order valence-corrected chi connectivity index (χ3v) is 4.94. The molecule has 0 bridgehead atoms. The van der Waals surface area contributed by atoms with Crippen LogP contribution < -0.4 is 5.32 Å². The number of hydrogen-bond acceptors (Lipinski definition) is 3. The van der Waals surface area contributed by atoms with Crippen LogP contribution in [0.15, 0.2) is 36.2 Å². The van der Waals surface area contributed by atoms with Crippen molar-refractivity contribution >= 4 is 40.5 Å². The van der Waals surface area contributed by atoms with E-state index < -0.39 is 41.5 Å². The number of nitriles is 1. The molecule has 2 aromatic carbocycles. The van der Waals surface area contributed by atoms with E-state index in [1.807, 2.05) is 0 Å². The summed E-state index contributed by atoms with van der Waals surface area (Å²) in [7, 11) is 0. The number of amides is 3. The SMILES string of the molecule is N#Cc1ccc(CN2C(=O)NC(=Cc3c[nH]c4c(F)c(Cl)ccc34)C2=O)c(F)c1F. The van der Waals surface area contributed by atoms with Crippen LogP contribution in [0.3, 0.4) is 0 Å². The lowest BCUT2D eigenvalue weighted by molar-refractivity contribution is -0.123. The lowest BCUT2D eigenvalue weighted by atomic mass is 10.1. The largest absolute Gasteiger partial charge is 0.358 e. The monoisotopic (exact) mass is 430 g/mol. The van der Waals surface area contributed by atoms with Gasteiger partial charge < -0.3 is 10.3 Å². The molecule has 0 aliphatic carbocycles. The number of urea groups is 1. The van der Waals surface area contributed by atoms with Crippen molar-refractivity contribution in [3.8, 4) is 6.07 Å². The molecule has 0 atom stereocenters. The lowest BCUT2D eigenvalue weighted by Crippen LogP contribution is -2.30. The Kier molecular flexibility index (Phi) is 4.72. The maximum Gasteiger partial charge on any atom is 0.329 e. The van der Waals surface area contributed by atoms with E-state index in [-0.39, 0.29) is 21.8 Å². The molecule has 4 rings (SSSR count). The van der Waals surface area contributed by atoms with Gasteiger partial charge in [0.05, 0.1) is 22.6 Å². The first kappa shape index (κ1) is 19.5. The van der Waals surface area contributed by atoms with Crippen molar-refractivity contribution in [1.29, 1.82) is 5.26 Å². The molecule has 2 N–H and O–H groups in total. The molecule has 3 amide bonds. The number of halogens is 4. The van der Waals surface area contributed by atoms with Crippen LogP contribution in [0.5, 0.6) is 0 Å².